The van der Waals surface area contributed by atoms with Crippen LogP contribution >= 0.6 is 0 Å². The Morgan fingerprint density at radius 3 is 1.50 bits per heavy atom. The fraction of sp³-hybridized carbons (Fsp3) is 0. The van der Waals surface area contributed by atoms with E-state index in [2.05, 4.69) is 133 Å². The molecule has 4 heterocycles. The average molecular weight is 768 g/mol. The van der Waals surface area contributed by atoms with Gasteiger partial charge in [0.25, 0.3) is 0 Å². The summed E-state index contributed by atoms with van der Waals surface area (Å²) in [6.07, 6.45) is 0. The Kier molecular flexibility index (Phi) is 7.78. The third kappa shape index (κ3) is 5.75. The molecule has 12 aromatic rings. The van der Waals surface area contributed by atoms with Crippen molar-refractivity contribution in [3.63, 3.8) is 0 Å². The molecule has 60 heavy (non-hydrogen) atoms. The highest BCUT2D eigenvalue weighted by Gasteiger charge is 2.19. The highest BCUT2D eigenvalue weighted by Crippen LogP contribution is 2.41. The number of benzene rings is 8. The van der Waals surface area contributed by atoms with Gasteiger partial charge in [-0.3, -0.25) is 0 Å². The van der Waals surface area contributed by atoms with E-state index < -0.39 is 0 Å². The van der Waals surface area contributed by atoms with Gasteiger partial charge in [-0.15, -0.1) is 0 Å². The molecule has 0 unspecified atom stereocenters. The van der Waals surface area contributed by atoms with Gasteiger partial charge in [0.15, 0.2) is 11.4 Å². The van der Waals surface area contributed by atoms with Crippen LogP contribution in [0, 0.1) is 0 Å². The predicted molar refractivity (Wildman–Crippen MR) is 245 cm³/mol. The lowest BCUT2D eigenvalue weighted by Crippen LogP contribution is -1.95. The summed E-state index contributed by atoms with van der Waals surface area (Å²) in [5, 5.41) is 5.42. The minimum atomic E-state index is 0.689. The normalized spacial score (nSPS) is 11.7. The first-order chi connectivity index (χ1) is 29.7. The maximum atomic E-state index is 6.64. The van der Waals surface area contributed by atoms with E-state index in [0.29, 0.717) is 5.82 Å². The molecule has 0 aliphatic carbocycles. The van der Waals surface area contributed by atoms with Crippen molar-refractivity contribution in [1.82, 2.24) is 15.0 Å². The van der Waals surface area contributed by atoms with Crippen LogP contribution < -0.4 is 0 Å². The van der Waals surface area contributed by atoms with Gasteiger partial charge in [0, 0.05) is 49.2 Å². The van der Waals surface area contributed by atoms with E-state index in [9.17, 15) is 0 Å². The number of nitrogens with zero attached hydrogens (tertiary/aromatic N) is 3. The fourth-order valence-electron chi connectivity index (χ4n) is 8.49. The molecular weight excluding hydrogens is 735 g/mol. The Hall–Kier alpha value is -8.15. The van der Waals surface area contributed by atoms with Gasteiger partial charge in [-0.25, -0.2) is 15.0 Å². The summed E-state index contributed by atoms with van der Waals surface area (Å²) in [6.45, 7) is 0. The molecule has 5 nitrogen and oxygen atoms in total. The van der Waals surface area contributed by atoms with Crippen LogP contribution in [0.1, 0.15) is 0 Å². The lowest BCUT2D eigenvalue weighted by molar-refractivity contribution is 0.668. The summed E-state index contributed by atoms with van der Waals surface area (Å²) in [5.41, 5.74) is 15.3. The minimum Gasteiger partial charge on any atom is -0.456 e. The molecule has 0 saturated carbocycles. The summed E-state index contributed by atoms with van der Waals surface area (Å²) in [7, 11) is 0. The average Bonchev–Trinajstić information content (AvgIpc) is 3.91. The van der Waals surface area contributed by atoms with Crippen molar-refractivity contribution in [2.75, 3.05) is 0 Å². The smallest absolute Gasteiger partial charge is 0.162 e. The summed E-state index contributed by atoms with van der Waals surface area (Å²) < 4.78 is 12.9. The van der Waals surface area contributed by atoms with Crippen LogP contribution in [0.15, 0.2) is 209 Å². The van der Waals surface area contributed by atoms with Crippen LogP contribution in [-0.2, 0) is 0 Å². The molecule has 0 saturated heterocycles. The molecule has 5 heteroatoms. The lowest BCUT2D eigenvalue weighted by Gasteiger charge is -2.11. The Balaban J connectivity index is 0.902. The number of hydrogen-bond acceptors (Lipinski definition) is 5. The minimum absolute atomic E-state index is 0.689. The largest absolute Gasteiger partial charge is 0.456 e. The van der Waals surface area contributed by atoms with E-state index in [1.165, 1.54) is 0 Å². The standard InChI is InChI=1S/C55H33N3O2/c1-3-11-36(12-4-1)47-33-48(37-13-5-2-6-14-37)58-55(57-47)39-25-21-35(22-26-39)34-19-23-38(24-20-34)53-54-52(44-16-8-10-18-50(44)60-54)45-31-40(28-30-46(45)56-53)41-27-29-43-42-15-7-9-17-49(42)59-51(43)32-41/h1-33H. The molecule has 0 spiro atoms. The van der Waals surface area contributed by atoms with Crippen LogP contribution in [-0.4, -0.2) is 15.0 Å². The van der Waals surface area contributed by atoms with Gasteiger partial charge < -0.3 is 8.83 Å². The molecule has 280 valence electrons. The SMILES string of the molecule is c1ccc(-c2cc(-c3ccccc3)nc(-c3ccc(-c4ccc(-c5nc6ccc(-c7ccc8c(c7)oc7ccccc78)cc6c6c5oc5ccccc56)cc4)cc3)n2)cc1. The van der Waals surface area contributed by atoms with Gasteiger partial charge in [-0.2, -0.15) is 0 Å². The number of furan rings is 2. The Morgan fingerprint density at radius 2 is 0.817 bits per heavy atom. The van der Waals surface area contributed by atoms with Crippen molar-refractivity contribution in [2.24, 2.45) is 0 Å². The molecule has 12 rings (SSSR count). The molecule has 0 radical (unpaired) electrons. The predicted octanol–water partition coefficient (Wildman–Crippen LogP) is 14.8. The quantitative estimate of drug-likeness (QED) is 0.169. The summed E-state index contributed by atoms with van der Waals surface area (Å²) in [4.78, 5) is 15.3. The molecule has 4 aromatic heterocycles. The molecule has 0 N–H and O–H groups in total. The van der Waals surface area contributed by atoms with Crippen molar-refractivity contribution >= 4 is 54.8 Å². The zero-order valence-electron chi connectivity index (χ0n) is 32.2. The van der Waals surface area contributed by atoms with Gasteiger partial charge in [-0.05, 0) is 64.7 Å². The molecule has 0 aliphatic rings. The summed E-state index contributed by atoms with van der Waals surface area (Å²) in [5.74, 6) is 0.689. The number of hydrogen-bond donors (Lipinski definition) is 0. The zero-order valence-corrected chi connectivity index (χ0v) is 32.2. The topological polar surface area (TPSA) is 65.0 Å². The monoisotopic (exact) mass is 767 g/mol. The van der Waals surface area contributed by atoms with Crippen LogP contribution in [0.25, 0.3) is 122 Å². The van der Waals surface area contributed by atoms with E-state index in [0.717, 1.165) is 116 Å². The molecule has 0 bridgehead atoms. The molecule has 0 aliphatic heterocycles. The van der Waals surface area contributed by atoms with Crippen molar-refractivity contribution in [2.45, 2.75) is 0 Å². The zero-order chi connectivity index (χ0) is 39.6. The molecule has 0 fully saturated rings. The first kappa shape index (κ1) is 33.9. The maximum Gasteiger partial charge on any atom is 0.162 e. The highest BCUT2D eigenvalue weighted by atomic mass is 16.3. The third-order valence-corrected chi connectivity index (χ3v) is 11.5. The number of aromatic nitrogens is 3. The molecular formula is C55H33N3O2. The van der Waals surface area contributed by atoms with Crippen LogP contribution in [0.3, 0.4) is 0 Å². The van der Waals surface area contributed by atoms with E-state index in [1.54, 1.807) is 0 Å². The summed E-state index contributed by atoms with van der Waals surface area (Å²) in [6, 6.07) is 69.1. The second kappa shape index (κ2) is 13.8. The van der Waals surface area contributed by atoms with E-state index in [-0.39, 0.29) is 0 Å². The van der Waals surface area contributed by atoms with E-state index in [1.807, 2.05) is 66.7 Å². The third-order valence-electron chi connectivity index (χ3n) is 11.5. The number of pyridine rings is 1. The number of rotatable bonds is 6. The van der Waals surface area contributed by atoms with Crippen molar-refractivity contribution < 1.29 is 8.83 Å². The summed E-state index contributed by atoms with van der Waals surface area (Å²) >= 11 is 0. The Morgan fingerprint density at radius 1 is 0.300 bits per heavy atom. The van der Waals surface area contributed by atoms with Crippen molar-refractivity contribution in [1.29, 1.82) is 0 Å². The van der Waals surface area contributed by atoms with E-state index >= 15 is 0 Å². The molecule has 0 atom stereocenters. The van der Waals surface area contributed by atoms with Gasteiger partial charge in [0.2, 0.25) is 0 Å². The molecule has 8 aromatic carbocycles. The van der Waals surface area contributed by atoms with Crippen LogP contribution in [0.4, 0.5) is 0 Å². The Labute approximate surface area is 344 Å². The van der Waals surface area contributed by atoms with E-state index in [4.69, 9.17) is 23.8 Å². The second-order valence-corrected chi connectivity index (χ2v) is 15.2. The van der Waals surface area contributed by atoms with Gasteiger partial charge in [0.05, 0.1) is 16.9 Å². The highest BCUT2D eigenvalue weighted by molar-refractivity contribution is 6.21. The van der Waals surface area contributed by atoms with Gasteiger partial charge >= 0.3 is 0 Å². The maximum absolute atomic E-state index is 6.64. The van der Waals surface area contributed by atoms with Gasteiger partial charge in [0.1, 0.15) is 22.4 Å². The van der Waals surface area contributed by atoms with Crippen molar-refractivity contribution in [3.05, 3.63) is 200 Å². The fourth-order valence-corrected chi connectivity index (χ4v) is 8.49. The van der Waals surface area contributed by atoms with Gasteiger partial charge in [-0.1, -0.05) is 158 Å². The van der Waals surface area contributed by atoms with Crippen LogP contribution in [0.5, 0.6) is 0 Å². The number of fused-ring (bicyclic) bond motifs is 8. The first-order valence-corrected chi connectivity index (χ1v) is 20.1. The molecule has 0 amide bonds. The Bertz CT molecular complexity index is 3510. The van der Waals surface area contributed by atoms with Crippen LogP contribution in [0.2, 0.25) is 0 Å². The lowest BCUT2D eigenvalue weighted by atomic mass is 9.97. The second-order valence-electron chi connectivity index (χ2n) is 15.2. The number of para-hydroxylation sites is 2. The first-order valence-electron chi connectivity index (χ1n) is 20.1. The van der Waals surface area contributed by atoms with Crippen molar-refractivity contribution in [3.8, 4) is 67.4 Å².